The van der Waals surface area contributed by atoms with E-state index in [4.69, 9.17) is 4.74 Å². The van der Waals surface area contributed by atoms with Gasteiger partial charge in [-0.2, -0.15) is 0 Å². The third-order valence-corrected chi connectivity index (χ3v) is 4.58. The van der Waals surface area contributed by atoms with E-state index >= 15 is 0 Å². The molecule has 0 aromatic heterocycles. The Kier molecular flexibility index (Phi) is 4.45. The molecule has 1 unspecified atom stereocenters. The van der Waals surface area contributed by atoms with Gasteiger partial charge in [0.1, 0.15) is 0 Å². The second-order valence-corrected chi connectivity index (χ2v) is 6.29. The lowest BCUT2D eigenvalue weighted by Crippen LogP contribution is -2.53. The molecule has 0 bridgehead atoms. The Bertz CT molecular complexity index is 230. The zero-order chi connectivity index (χ0) is 12.2. The second kappa shape index (κ2) is 5.68. The van der Waals surface area contributed by atoms with E-state index in [-0.39, 0.29) is 11.0 Å². The first-order valence-electron chi connectivity index (χ1n) is 7.12. The van der Waals surface area contributed by atoms with Crippen LogP contribution in [0.1, 0.15) is 51.9 Å². The molecule has 1 atom stereocenters. The Morgan fingerprint density at radius 2 is 1.88 bits per heavy atom. The molecule has 0 aromatic carbocycles. The minimum absolute atomic E-state index is 0.123. The Morgan fingerprint density at radius 3 is 2.47 bits per heavy atom. The molecule has 100 valence electrons. The maximum absolute atomic E-state index is 9.68. The van der Waals surface area contributed by atoms with Crippen LogP contribution < -0.4 is 5.32 Å². The van der Waals surface area contributed by atoms with Crippen molar-refractivity contribution < 1.29 is 9.84 Å². The lowest BCUT2D eigenvalue weighted by Gasteiger charge is -2.41. The minimum Gasteiger partial charge on any atom is -0.396 e. The summed E-state index contributed by atoms with van der Waals surface area (Å²) < 4.78 is 5.57. The first-order valence-corrected chi connectivity index (χ1v) is 7.12. The molecule has 2 N–H and O–H groups in total. The second-order valence-electron chi connectivity index (χ2n) is 6.29. The summed E-state index contributed by atoms with van der Waals surface area (Å²) in [5.74, 6) is 0. The van der Waals surface area contributed by atoms with Gasteiger partial charge in [0, 0.05) is 30.7 Å². The van der Waals surface area contributed by atoms with Crippen molar-refractivity contribution in [1.29, 1.82) is 0 Å². The van der Waals surface area contributed by atoms with Crippen molar-refractivity contribution >= 4 is 0 Å². The monoisotopic (exact) mass is 241 g/mol. The average molecular weight is 241 g/mol. The molecule has 3 heteroatoms. The van der Waals surface area contributed by atoms with E-state index in [0.717, 1.165) is 26.2 Å². The Morgan fingerprint density at radius 1 is 1.12 bits per heavy atom. The predicted molar refractivity (Wildman–Crippen MR) is 69.1 cm³/mol. The molecular weight excluding hydrogens is 214 g/mol. The first-order chi connectivity index (χ1) is 8.18. The van der Waals surface area contributed by atoms with E-state index in [1.165, 1.54) is 38.5 Å². The number of ether oxygens (including phenoxy) is 1. The van der Waals surface area contributed by atoms with Crippen molar-refractivity contribution in [3.63, 3.8) is 0 Å². The van der Waals surface area contributed by atoms with Gasteiger partial charge >= 0.3 is 0 Å². The summed E-state index contributed by atoms with van der Waals surface area (Å²) in [6, 6.07) is 0. The number of aliphatic hydroxyl groups excluding tert-OH is 1. The summed E-state index contributed by atoms with van der Waals surface area (Å²) in [5.41, 5.74) is 0.260. The van der Waals surface area contributed by atoms with Crippen molar-refractivity contribution in [1.82, 2.24) is 5.32 Å². The van der Waals surface area contributed by atoms with Crippen LogP contribution in [-0.4, -0.2) is 37.0 Å². The van der Waals surface area contributed by atoms with E-state index in [2.05, 4.69) is 12.2 Å². The van der Waals surface area contributed by atoms with Crippen molar-refractivity contribution in [2.45, 2.75) is 57.4 Å². The van der Waals surface area contributed by atoms with Gasteiger partial charge in [0.2, 0.25) is 0 Å². The molecule has 2 fully saturated rings. The van der Waals surface area contributed by atoms with Crippen LogP contribution in [0.5, 0.6) is 0 Å². The lowest BCUT2D eigenvalue weighted by atomic mass is 9.74. The summed E-state index contributed by atoms with van der Waals surface area (Å²) in [5, 5.41) is 13.4. The number of aliphatic hydroxyl groups is 1. The highest BCUT2D eigenvalue weighted by atomic mass is 16.5. The zero-order valence-corrected chi connectivity index (χ0v) is 11.1. The zero-order valence-electron chi connectivity index (χ0n) is 11.1. The Hall–Kier alpha value is -0.120. The summed E-state index contributed by atoms with van der Waals surface area (Å²) >= 11 is 0. The number of hydrogen-bond acceptors (Lipinski definition) is 3. The topological polar surface area (TPSA) is 41.5 Å². The predicted octanol–water partition coefficient (Wildman–Crippen LogP) is 2.09. The molecule has 0 spiro atoms. The number of rotatable bonds is 4. The average Bonchev–Trinajstić information content (AvgIpc) is 2.39. The van der Waals surface area contributed by atoms with E-state index in [1.807, 2.05) is 0 Å². The van der Waals surface area contributed by atoms with E-state index < -0.39 is 0 Å². The standard InChI is InChI=1S/C14H27NO2/c1-13(6-5-9-17-12-13)15-10-14(11-16)7-3-2-4-8-14/h15-16H,2-12H2,1H3. The number of nitrogens with one attached hydrogen (secondary N) is 1. The SMILES string of the molecule is CC1(NCC2(CO)CCCCC2)CCCOC1. The van der Waals surface area contributed by atoms with Crippen molar-refractivity contribution in [2.24, 2.45) is 5.41 Å². The van der Waals surface area contributed by atoms with Gasteiger partial charge in [0.05, 0.1) is 6.61 Å². The van der Waals surface area contributed by atoms with Crippen LogP contribution in [0.3, 0.4) is 0 Å². The van der Waals surface area contributed by atoms with Crippen LogP contribution in [0.4, 0.5) is 0 Å². The van der Waals surface area contributed by atoms with Gasteiger partial charge in [-0.15, -0.1) is 0 Å². The van der Waals surface area contributed by atoms with Crippen molar-refractivity contribution in [3.8, 4) is 0 Å². The van der Waals surface area contributed by atoms with Crippen LogP contribution in [0.2, 0.25) is 0 Å². The van der Waals surface area contributed by atoms with Crippen LogP contribution in [0.15, 0.2) is 0 Å². The fourth-order valence-corrected chi connectivity index (χ4v) is 3.17. The molecule has 3 nitrogen and oxygen atoms in total. The fraction of sp³-hybridized carbons (Fsp3) is 1.00. The van der Waals surface area contributed by atoms with Crippen LogP contribution in [-0.2, 0) is 4.74 Å². The molecule has 1 aliphatic heterocycles. The quantitative estimate of drug-likeness (QED) is 0.792. The third-order valence-electron chi connectivity index (χ3n) is 4.58. The highest BCUT2D eigenvalue weighted by molar-refractivity contribution is 4.91. The first kappa shape index (κ1) is 13.3. The number of hydrogen-bond donors (Lipinski definition) is 2. The summed E-state index contributed by atoms with van der Waals surface area (Å²) in [7, 11) is 0. The molecule has 1 aliphatic carbocycles. The molecular formula is C14H27NO2. The molecule has 1 heterocycles. The summed E-state index contributed by atoms with van der Waals surface area (Å²) in [6.45, 7) is 5.25. The van der Waals surface area contributed by atoms with E-state index in [0.29, 0.717) is 6.61 Å². The molecule has 17 heavy (non-hydrogen) atoms. The van der Waals surface area contributed by atoms with Crippen LogP contribution in [0, 0.1) is 5.41 Å². The molecule has 1 saturated carbocycles. The van der Waals surface area contributed by atoms with E-state index in [1.54, 1.807) is 0 Å². The normalized spacial score (nSPS) is 33.5. The third kappa shape index (κ3) is 3.43. The lowest BCUT2D eigenvalue weighted by molar-refractivity contribution is 0.0115. The van der Waals surface area contributed by atoms with Crippen molar-refractivity contribution in [3.05, 3.63) is 0 Å². The fourth-order valence-electron chi connectivity index (χ4n) is 3.17. The maximum atomic E-state index is 9.68. The minimum atomic E-state index is 0.123. The van der Waals surface area contributed by atoms with Crippen molar-refractivity contribution in [2.75, 3.05) is 26.4 Å². The summed E-state index contributed by atoms with van der Waals surface area (Å²) in [4.78, 5) is 0. The van der Waals surface area contributed by atoms with Gasteiger partial charge in [0.15, 0.2) is 0 Å². The summed E-state index contributed by atoms with van der Waals surface area (Å²) in [6.07, 6.45) is 8.57. The van der Waals surface area contributed by atoms with Gasteiger partial charge in [-0.1, -0.05) is 19.3 Å². The van der Waals surface area contributed by atoms with Gasteiger partial charge in [-0.05, 0) is 32.6 Å². The van der Waals surface area contributed by atoms with E-state index in [9.17, 15) is 5.11 Å². The van der Waals surface area contributed by atoms with Crippen LogP contribution in [0.25, 0.3) is 0 Å². The molecule has 2 aliphatic rings. The van der Waals surface area contributed by atoms with Gasteiger partial charge in [-0.25, -0.2) is 0 Å². The molecule has 2 rings (SSSR count). The Balaban J connectivity index is 1.86. The van der Waals surface area contributed by atoms with Gasteiger partial charge in [-0.3, -0.25) is 0 Å². The van der Waals surface area contributed by atoms with Crippen LogP contribution >= 0.6 is 0 Å². The smallest absolute Gasteiger partial charge is 0.0645 e. The highest BCUT2D eigenvalue weighted by Gasteiger charge is 2.35. The molecule has 0 amide bonds. The molecule has 1 saturated heterocycles. The maximum Gasteiger partial charge on any atom is 0.0645 e. The largest absolute Gasteiger partial charge is 0.396 e. The van der Waals surface area contributed by atoms with Gasteiger partial charge in [0.25, 0.3) is 0 Å². The highest BCUT2D eigenvalue weighted by Crippen LogP contribution is 2.36. The van der Waals surface area contributed by atoms with Gasteiger partial charge < -0.3 is 15.2 Å². The Labute approximate surface area is 105 Å². The molecule has 0 aromatic rings. The molecule has 0 radical (unpaired) electrons.